The smallest absolute Gasteiger partial charge is 0.468 e. The van der Waals surface area contributed by atoms with Crippen LogP contribution in [0.1, 0.15) is 32.8 Å². The maximum atomic E-state index is 12.6. The van der Waals surface area contributed by atoms with Crippen LogP contribution in [-0.4, -0.2) is 42.8 Å². The first-order valence-corrected chi connectivity index (χ1v) is 10.3. The van der Waals surface area contributed by atoms with Gasteiger partial charge in [0, 0.05) is 26.7 Å². The normalized spacial score (nSPS) is 13.1. The Balaban J connectivity index is 2.18. The summed E-state index contributed by atoms with van der Waals surface area (Å²) < 4.78 is 25.4. The van der Waals surface area contributed by atoms with Crippen LogP contribution < -0.4 is 19.9 Å². The average molecular weight is 473 g/mol. The monoisotopic (exact) mass is 473 g/mol. The molecule has 10 nitrogen and oxygen atoms in total. The number of ether oxygens (including phenoxy) is 5. The Morgan fingerprint density at radius 2 is 1.53 bits per heavy atom. The van der Waals surface area contributed by atoms with Gasteiger partial charge in [-0.3, -0.25) is 14.4 Å². The Bertz CT molecular complexity index is 1040. The van der Waals surface area contributed by atoms with Gasteiger partial charge in [0.15, 0.2) is 11.5 Å². The lowest BCUT2D eigenvalue weighted by atomic mass is 9.86. The molecule has 0 radical (unpaired) electrons. The summed E-state index contributed by atoms with van der Waals surface area (Å²) >= 11 is 0. The molecular formula is C24H27NO9. The molecule has 2 aromatic carbocycles. The SMILES string of the molecule is COC(=O)C(N)(Cc1ccc(OC(C)=O)c(OC(C)=O)c1)C[C@H](C)OC(=O)Oc1ccccc1. The topological polar surface area (TPSA) is 140 Å². The lowest BCUT2D eigenvalue weighted by Crippen LogP contribution is -2.53. The first kappa shape index (κ1) is 26.3. The van der Waals surface area contributed by atoms with E-state index in [0.29, 0.717) is 11.3 Å². The van der Waals surface area contributed by atoms with Gasteiger partial charge in [0.25, 0.3) is 0 Å². The van der Waals surface area contributed by atoms with Gasteiger partial charge >= 0.3 is 24.1 Å². The highest BCUT2D eigenvalue weighted by molar-refractivity contribution is 5.81. The number of nitrogens with two attached hydrogens (primary N) is 1. The summed E-state index contributed by atoms with van der Waals surface area (Å²) in [5, 5.41) is 0. The van der Waals surface area contributed by atoms with Gasteiger partial charge in [-0.1, -0.05) is 24.3 Å². The van der Waals surface area contributed by atoms with Crippen LogP contribution in [0.15, 0.2) is 48.5 Å². The molecule has 0 spiro atoms. The number of hydrogen-bond donors (Lipinski definition) is 1. The van der Waals surface area contributed by atoms with Gasteiger partial charge in [0.1, 0.15) is 17.4 Å². The highest BCUT2D eigenvalue weighted by Gasteiger charge is 2.38. The molecular weight excluding hydrogens is 446 g/mol. The van der Waals surface area contributed by atoms with Crippen LogP contribution in [0.25, 0.3) is 0 Å². The van der Waals surface area contributed by atoms with Crippen LogP contribution in [0.3, 0.4) is 0 Å². The number of hydrogen-bond acceptors (Lipinski definition) is 10. The third kappa shape index (κ3) is 7.89. The van der Waals surface area contributed by atoms with E-state index in [1.807, 2.05) is 0 Å². The van der Waals surface area contributed by atoms with Crippen LogP contribution in [0, 0.1) is 0 Å². The summed E-state index contributed by atoms with van der Waals surface area (Å²) in [6, 6.07) is 12.8. The van der Waals surface area contributed by atoms with E-state index in [2.05, 4.69) is 0 Å². The molecule has 0 saturated carbocycles. The van der Waals surface area contributed by atoms with Gasteiger partial charge < -0.3 is 29.4 Å². The molecule has 10 heteroatoms. The van der Waals surface area contributed by atoms with E-state index in [-0.39, 0.29) is 24.3 Å². The van der Waals surface area contributed by atoms with Crippen molar-refractivity contribution in [3.05, 3.63) is 54.1 Å². The molecule has 182 valence electrons. The van der Waals surface area contributed by atoms with Crippen LogP contribution >= 0.6 is 0 Å². The van der Waals surface area contributed by atoms with Crippen LogP contribution in [-0.2, 0) is 30.3 Å². The average Bonchev–Trinajstić information content (AvgIpc) is 2.74. The van der Waals surface area contributed by atoms with Gasteiger partial charge in [-0.2, -0.15) is 0 Å². The van der Waals surface area contributed by atoms with Crippen molar-refractivity contribution in [1.29, 1.82) is 0 Å². The first-order valence-electron chi connectivity index (χ1n) is 10.3. The summed E-state index contributed by atoms with van der Waals surface area (Å²) in [7, 11) is 1.19. The van der Waals surface area contributed by atoms with Gasteiger partial charge in [0.05, 0.1) is 7.11 Å². The van der Waals surface area contributed by atoms with E-state index in [1.54, 1.807) is 43.3 Å². The second-order valence-corrected chi connectivity index (χ2v) is 7.59. The van der Waals surface area contributed by atoms with E-state index in [0.717, 1.165) is 0 Å². The minimum atomic E-state index is -1.60. The number of esters is 3. The second kappa shape index (κ2) is 11.8. The molecule has 0 amide bonds. The number of para-hydroxylation sites is 1. The van der Waals surface area contributed by atoms with Crippen molar-refractivity contribution in [3.63, 3.8) is 0 Å². The Labute approximate surface area is 196 Å². The molecule has 0 heterocycles. The van der Waals surface area contributed by atoms with Gasteiger partial charge in [0.2, 0.25) is 0 Å². The second-order valence-electron chi connectivity index (χ2n) is 7.59. The zero-order valence-electron chi connectivity index (χ0n) is 19.4. The number of rotatable bonds is 9. The fraction of sp³-hybridized carbons (Fsp3) is 0.333. The molecule has 0 bridgehead atoms. The summed E-state index contributed by atoms with van der Waals surface area (Å²) in [6.07, 6.45) is -1.92. The van der Waals surface area contributed by atoms with Gasteiger partial charge in [-0.05, 0) is 36.8 Å². The molecule has 0 aromatic heterocycles. The van der Waals surface area contributed by atoms with Crippen molar-refractivity contribution in [1.82, 2.24) is 0 Å². The zero-order valence-corrected chi connectivity index (χ0v) is 19.4. The maximum absolute atomic E-state index is 12.6. The van der Waals surface area contributed by atoms with Crippen molar-refractivity contribution in [2.45, 2.75) is 45.3 Å². The predicted molar refractivity (Wildman–Crippen MR) is 119 cm³/mol. The standard InChI is InChI=1S/C24H27NO9/c1-15(31-23(29)34-19-8-6-5-7-9-19)13-24(25,22(28)30-4)14-18-10-11-20(32-16(2)26)21(12-18)33-17(3)27/h5-12,15H,13-14,25H2,1-4H3/t15-,24?/m0/s1. The quantitative estimate of drug-likeness (QED) is 0.328. The molecule has 0 aliphatic carbocycles. The third-order valence-electron chi connectivity index (χ3n) is 4.52. The minimum absolute atomic E-state index is 0.0110. The van der Waals surface area contributed by atoms with E-state index >= 15 is 0 Å². The van der Waals surface area contributed by atoms with Gasteiger partial charge in [-0.25, -0.2) is 4.79 Å². The van der Waals surface area contributed by atoms with Crippen molar-refractivity contribution >= 4 is 24.1 Å². The van der Waals surface area contributed by atoms with E-state index < -0.39 is 35.7 Å². The molecule has 0 aliphatic rings. The molecule has 1 unspecified atom stereocenters. The van der Waals surface area contributed by atoms with E-state index in [1.165, 1.54) is 33.1 Å². The molecule has 2 aromatic rings. The summed E-state index contributed by atoms with van der Waals surface area (Å²) in [5.74, 6) is -1.64. The molecule has 2 atom stereocenters. The van der Waals surface area contributed by atoms with Crippen molar-refractivity contribution in [2.75, 3.05) is 7.11 Å². The maximum Gasteiger partial charge on any atom is 0.514 e. The number of methoxy groups -OCH3 is 1. The van der Waals surface area contributed by atoms with Crippen molar-refractivity contribution in [2.24, 2.45) is 5.73 Å². The Kier molecular flexibility index (Phi) is 9.14. The first-order chi connectivity index (χ1) is 16.0. The van der Waals surface area contributed by atoms with E-state index in [4.69, 9.17) is 29.4 Å². The molecule has 34 heavy (non-hydrogen) atoms. The fourth-order valence-corrected chi connectivity index (χ4v) is 3.26. The Morgan fingerprint density at radius 3 is 2.12 bits per heavy atom. The third-order valence-corrected chi connectivity index (χ3v) is 4.52. The molecule has 2 rings (SSSR count). The predicted octanol–water partition coefficient (Wildman–Crippen LogP) is 2.94. The number of benzene rings is 2. The number of carbonyl (C=O) groups is 4. The van der Waals surface area contributed by atoms with Crippen LogP contribution in [0.5, 0.6) is 17.2 Å². The van der Waals surface area contributed by atoms with E-state index in [9.17, 15) is 19.2 Å². The number of carbonyl (C=O) groups excluding carboxylic acids is 4. The summed E-state index contributed by atoms with van der Waals surface area (Å²) in [5.41, 5.74) is 5.27. The zero-order chi connectivity index (χ0) is 25.3. The molecule has 0 fully saturated rings. The minimum Gasteiger partial charge on any atom is -0.468 e. The van der Waals surface area contributed by atoms with Crippen molar-refractivity contribution in [3.8, 4) is 17.2 Å². The lowest BCUT2D eigenvalue weighted by Gasteiger charge is -2.29. The molecule has 0 aliphatic heterocycles. The van der Waals surface area contributed by atoms with Gasteiger partial charge in [-0.15, -0.1) is 0 Å². The lowest BCUT2D eigenvalue weighted by molar-refractivity contribution is -0.148. The highest BCUT2D eigenvalue weighted by atomic mass is 16.7. The Morgan fingerprint density at radius 1 is 0.912 bits per heavy atom. The molecule has 0 saturated heterocycles. The van der Waals surface area contributed by atoms with Crippen LogP contribution in [0.2, 0.25) is 0 Å². The summed E-state index contributed by atoms with van der Waals surface area (Å²) in [4.78, 5) is 47.4. The fourth-order valence-electron chi connectivity index (χ4n) is 3.26. The largest absolute Gasteiger partial charge is 0.514 e. The van der Waals surface area contributed by atoms with Crippen molar-refractivity contribution < 1.29 is 42.9 Å². The Hall–Kier alpha value is -3.92. The van der Waals surface area contributed by atoms with Crippen LogP contribution in [0.4, 0.5) is 4.79 Å². The highest BCUT2D eigenvalue weighted by Crippen LogP contribution is 2.31. The summed E-state index contributed by atoms with van der Waals surface area (Å²) in [6.45, 7) is 3.96. The molecule has 2 N–H and O–H groups in total.